The zero-order valence-corrected chi connectivity index (χ0v) is 8.87. The van der Waals surface area contributed by atoms with Crippen LogP contribution in [0.2, 0.25) is 0 Å². The van der Waals surface area contributed by atoms with E-state index in [1.807, 2.05) is 0 Å². The topological polar surface area (TPSA) is 59.4 Å². The van der Waals surface area contributed by atoms with Gasteiger partial charge >= 0.3 is 0 Å². The van der Waals surface area contributed by atoms with Crippen LogP contribution in [0.5, 0.6) is 0 Å². The lowest BCUT2D eigenvalue weighted by Gasteiger charge is -2.05. The largest absolute Gasteiger partial charge is 0.288 e. The summed E-state index contributed by atoms with van der Waals surface area (Å²) in [7, 11) is -3.14. The van der Waals surface area contributed by atoms with Crippen LogP contribution in [0.1, 0.15) is 24.0 Å². The van der Waals surface area contributed by atoms with E-state index in [0.29, 0.717) is 11.4 Å². The second kappa shape index (κ2) is 2.88. The number of fused-ring (bicyclic) bond motifs is 1. The second-order valence-electron chi connectivity index (χ2n) is 3.92. The summed E-state index contributed by atoms with van der Waals surface area (Å²) in [6.07, 6.45) is 6.34. The molecule has 1 aliphatic heterocycles. The Bertz CT molecular complexity index is 545. The molecule has 1 fully saturated rings. The third kappa shape index (κ3) is 1.30. The van der Waals surface area contributed by atoms with Crippen molar-refractivity contribution >= 4 is 16.1 Å². The molecule has 5 heteroatoms. The Balaban J connectivity index is 2.20. The highest BCUT2D eigenvalue weighted by molar-refractivity contribution is 7.92. The van der Waals surface area contributed by atoms with E-state index in [1.165, 1.54) is 6.20 Å². The second-order valence-corrected chi connectivity index (χ2v) is 6.12. The van der Waals surface area contributed by atoms with Crippen molar-refractivity contribution in [2.75, 3.05) is 0 Å². The summed E-state index contributed by atoms with van der Waals surface area (Å²) in [5.41, 5.74) is 1.66. The predicted molar refractivity (Wildman–Crippen MR) is 55.7 cm³/mol. The average Bonchev–Trinajstić information content (AvgIpc) is 2.97. The highest BCUT2D eigenvalue weighted by Crippen LogP contribution is 2.35. The van der Waals surface area contributed by atoms with Gasteiger partial charge in [0.15, 0.2) is 9.84 Å². The van der Waals surface area contributed by atoms with Gasteiger partial charge < -0.3 is 0 Å². The van der Waals surface area contributed by atoms with Crippen LogP contribution >= 0.6 is 0 Å². The van der Waals surface area contributed by atoms with Gasteiger partial charge in [-0.25, -0.2) is 8.42 Å². The van der Waals surface area contributed by atoms with Gasteiger partial charge in [-0.05, 0) is 12.8 Å². The van der Waals surface area contributed by atoms with Crippen LogP contribution in [-0.2, 0) is 16.4 Å². The number of rotatable bonds is 2. The van der Waals surface area contributed by atoms with E-state index in [-0.39, 0.29) is 5.25 Å². The van der Waals surface area contributed by atoms with E-state index < -0.39 is 9.84 Å². The lowest BCUT2D eigenvalue weighted by atomic mass is 10.2. The molecule has 0 aromatic carbocycles. The minimum absolute atomic E-state index is 0.181. The molecule has 3 rings (SSSR count). The number of aliphatic imine (C=N–C) groups is 1. The summed E-state index contributed by atoms with van der Waals surface area (Å²) < 4.78 is 24.1. The number of nitrogens with zero attached hydrogens (tertiary/aromatic N) is 2. The van der Waals surface area contributed by atoms with Gasteiger partial charge in [0.2, 0.25) is 0 Å². The summed E-state index contributed by atoms with van der Waals surface area (Å²) in [5, 5.41) is -0.181. The number of hydrogen-bond donors (Lipinski definition) is 0. The Hall–Kier alpha value is -1.23. The first kappa shape index (κ1) is 9.03. The van der Waals surface area contributed by atoms with Crippen molar-refractivity contribution < 1.29 is 8.42 Å². The lowest BCUT2D eigenvalue weighted by molar-refractivity contribution is 0.594. The normalized spacial score (nSPS) is 19.2. The lowest BCUT2D eigenvalue weighted by Crippen LogP contribution is -2.10. The van der Waals surface area contributed by atoms with Crippen molar-refractivity contribution in [3.05, 3.63) is 23.5 Å². The quantitative estimate of drug-likeness (QED) is 0.748. The van der Waals surface area contributed by atoms with Crippen LogP contribution in [0, 0.1) is 0 Å². The minimum Gasteiger partial charge on any atom is -0.288 e. The number of hydrogen-bond acceptors (Lipinski definition) is 4. The molecule has 1 aliphatic carbocycles. The molecule has 0 amide bonds. The Labute approximate surface area is 88.0 Å². The average molecular weight is 222 g/mol. The number of sulfone groups is 1. The maximum Gasteiger partial charge on any atom is 0.183 e. The van der Waals surface area contributed by atoms with Gasteiger partial charge in [0.05, 0.1) is 16.7 Å². The first-order valence-electron chi connectivity index (χ1n) is 4.90. The van der Waals surface area contributed by atoms with Crippen molar-refractivity contribution in [3.8, 4) is 0 Å². The standard InChI is InChI=1S/C10H10N2O2S/c13-15(14,8-1-2-8)10-6-12-4-7-3-11-5-9(7)10/h4-6,8H,1-3H2. The number of aromatic nitrogens is 1. The molecule has 1 aromatic heterocycles. The van der Waals surface area contributed by atoms with E-state index in [9.17, 15) is 8.42 Å². The number of pyridine rings is 1. The molecule has 2 aliphatic rings. The van der Waals surface area contributed by atoms with E-state index in [2.05, 4.69) is 9.98 Å². The minimum atomic E-state index is -3.14. The fourth-order valence-electron chi connectivity index (χ4n) is 1.78. The monoisotopic (exact) mass is 222 g/mol. The predicted octanol–water partition coefficient (Wildman–Crippen LogP) is 0.950. The Morgan fingerprint density at radius 1 is 1.27 bits per heavy atom. The third-order valence-electron chi connectivity index (χ3n) is 2.79. The fraction of sp³-hybridized carbons (Fsp3) is 0.400. The maximum absolute atomic E-state index is 12.1. The molecule has 78 valence electrons. The zero-order chi connectivity index (χ0) is 10.5. The van der Waals surface area contributed by atoms with Crippen LogP contribution in [0.15, 0.2) is 22.3 Å². The van der Waals surface area contributed by atoms with Gasteiger partial charge in [-0.1, -0.05) is 0 Å². The Morgan fingerprint density at radius 3 is 2.80 bits per heavy atom. The van der Waals surface area contributed by atoms with Gasteiger partial charge in [-0.3, -0.25) is 9.98 Å². The van der Waals surface area contributed by atoms with E-state index in [1.54, 1.807) is 12.4 Å². The van der Waals surface area contributed by atoms with E-state index >= 15 is 0 Å². The molecule has 0 spiro atoms. The van der Waals surface area contributed by atoms with Gasteiger partial charge in [0.1, 0.15) is 0 Å². The molecule has 0 bridgehead atoms. The first-order chi connectivity index (χ1) is 7.19. The smallest absolute Gasteiger partial charge is 0.183 e. The van der Waals surface area contributed by atoms with E-state index in [0.717, 1.165) is 24.0 Å². The molecule has 0 N–H and O–H groups in total. The molecular weight excluding hydrogens is 212 g/mol. The highest BCUT2D eigenvalue weighted by Gasteiger charge is 2.38. The summed E-state index contributed by atoms with van der Waals surface area (Å²) in [6, 6.07) is 0. The summed E-state index contributed by atoms with van der Waals surface area (Å²) in [4.78, 5) is 8.41. The SMILES string of the molecule is O=S(=O)(c1cncc2c1C=NC2)C1CC1. The van der Waals surface area contributed by atoms with Crippen molar-refractivity contribution in [3.63, 3.8) is 0 Å². The van der Waals surface area contributed by atoms with Crippen molar-refractivity contribution in [2.45, 2.75) is 29.5 Å². The molecule has 2 heterocycles. The summed E-state index contributed by atoms with van der Waals surface area (Å²) in [6.45, 7) is 0.552. The highest BCUT2D eigenvalue weighted by atomic mass is 32.2. The third-order valence-corrected chi connectivity index (χ3v) is 5.07. The van der Waals surface area contributed by atoms with Crippen molar-refractivity contribution in [1.29, 1.82) is 0 Å². The maximum atomic E-state index is 12.1. The van der Waals surface area contributed by atoms with Gasteiger partial charge in [-0.2, -0.15) is 0 Å². The van der Waals surface area contributed by atoms with E-state index in [4.69, 9.17) is 0 Å². The van der Waals surface area contributed by atoms with Crippen LogP contribution in [0.3, 0.4) is 0 Å². The Kier molecular flexibility index (Phi) is 1.74. The van der Waals surface area contributed by atoms with Crippen LogP contribution < -0.4 is 0 Å². The Morgan fingerprint density at radius 2 is 2.07 bits per heavy atom. The molecule has 15 heavy (non-hydrogen) atoms. The van der Waals surface area contributed by atoms with Crippen LogP contribution in [0.4, 0.5) is 0 Å². The zero-order valence-electron chi connectivity index (χ0n) is 8.05. The van der Waals surface area contributed by atoms with Crippen molar-refractivity contribution in [2.24, 2.45) is 4.99 Å². The van der Waals surface area contributed by atoms with Gasteiger partial charge in [0, 0.05) is 29.7 Å². The molecule has 4 nitrogen and oxygen atoms in total. The van der Waals surface area contributed by atoms with Gasteiger partial charge in [0.25, 0.3) is 0 Å². The summed E-state index contributed by atoms with van der Waals surface area (Å²) in [5.74, 6) is 0. The van der Waals surface area contributed by atoms with Gasteiger partial charge in [-0.15, -0.1) is 0 Å². The van der Waals surface area contributed by atoms with Crippen molar-refractivity contribution in [1.82, 2.24) is 4.98 Å². The molecule has 0 atom stereocenters. The molecule has 0 unspecified atom stereocenters. The molecular formula is C10H10N2O2S. The summed E-state index contributed by atoms with van der Waals surface area (Å²) >= 11 is 0. The molecule has 0 saturated heterocycles. The molecule has 1 aromatic rings. The first-order valence-corrected chi connectivity index (χ1v) is 6.45. The van der Waals surface area contributed by atoms with Crippen LogP contribution in [-0.4, -0.2) is 24.9 Å². The fourth-order valence-corrected chi connectivity index (χ4v) is 3.60. The molecule has 0 radical (unpaired) electrons. The van der Waals surface area contributed by atoms with Crippen LogP contribution in [0.25, 0.3) is 0 Å². The molecule has 1 saturated carbocycles.